The first-order chi connectivity index (χ1) is 9.99. The van der Waals surface area contributed by atoms with Crippen LogP contribution < -0.4 is 10.9 Å². The van der Waals surface area contributed by atoms with Crippen molar-refractivity contribution in [1.29, 1.82) is 0 Å². The Balaban J connectivity index is 2.17. The zero-order chi connectivity index (χ0) is 15.4. The molecule has 2 aromatic heterocycles. The predicted molar refractivity (Wildman–Crippen MR) is 84.8 cm³/mol. The van der Waals surface area contributed by atoms with Gasteiger partial charge >= 0.3 is 0 Å². The van der Waals surface area contributed by atoms with E-state index in [1.165, 1.54) is 10.7 Å². The second-order valence-corrected chi connectivity index (χ2v) is 6.29. The van der Waals surface area contributed by atoms with Gasteiger partial charge in [-0.1, -0.05) is 6.07 Å². The van der Waals surface area contributed by atoms with Crippen LogP contribution >= 0.6 is 22.9 Å². The van der Waals surface area contributed by atoms with Crippen molar-refractivity contribution >= 4 is 28.8 Å². The largest absolute Gasteiger partial charge is 0.353 e. The van der Waals surface area contributed by atoms with Crippen molar-refractivity contribution in [2.75, 3.05) is 6.54 Å². The molecule has 0 saturated carbocycles. The van der Waals surface area contributed by atoms with Crippen LogP contribution in [-0.2, 0) is 4.79 Å². The summed E-state index contributed by atoms with van der Waals surface area (Å²) in [5.74, 6) is -0.258. The minimum atomic E-state index is -0.598. The normalized spacial score (nSPS) is 13.7. The number of hydrogen-bond donors (Lipinski definition) is 1. The van der Waals surface area contributed by atoms with Crippen LogP contribution in [0.2, 0.25) is 0 Å². The summed E-state index contributed by atoms with van der Waals surface area (Å²) in [6.45, 7) is 3.73. The van der Waals surface area contributed by atoms with Crippen molar-refractivity contribution in [2.24, 2.45) is 0 Å². The molecule has 0 bridgehead atoms. The molecule has 0 radical (unpaired) electrons. The number of nitrogens with zero attached hydrogens (tertiary/aromatic N) is 2. The highest BCUT2D eigenvalue weighted by molar-refractivity contribution is 7.13. The van der Waals surface area contributed by atoms with Crippen LogP contribution in [0.25, 0.3) is 10.6 Å². The lowest BCUT2D eigenvalue weighted by atomic mass is 10.3. The number of amides is 1. The van der Waals surface area contributed by atoms with Crippen LogP contribution in [0.3, 0.4) is 0 Å². The minimum Gasteiger partial charge on any atom is -0.353 e. The van der Waals surface area contributed by atoms with E-state index in [-0.39, 0.29) is 17.5 Å². The summed E-state index contributed by atoms with van der Waals surface area (Å²) in [7, 11) is 0. The van der Waals surface area contributed by atoms with E-state index in [9.17, 15) is 9.59 Å². The molecule has 2 heterocycles. The molecule has 21 heavy (non-hydrogen) atoms. The Bertz CT molecular complexity index is 667. The molecule has 1 amide bonds. The van der Waals surface area contributed by atoms with E-state index in [0.29, 0.717) is 6.54 Å². The molecule has 0 aromatic carbocycles. The molecule has 0 aliphatic heterocycles. The van der Waals surface area contributed by atoms with Gasteiger partial charge < -0.3 is 5.32 Å². The van der Waals surface area contributed by atoms with Crippen LogP contribution in [-0.4, -0.2) is 27.6 Å². The molecule has 0 aliphatic rings. The molecule has 0 aliphatic carbocycles. The molecule has 2 atom stereocenters. The topological polar surface area (TPSA) is 64.0 Å². The van der Waals surface area contributed by atoms with Gasteiger partial charge in [0.05, 0.1) is 10.9 Å². The van der Waals surface area contributed by atoms with Gasteiger partial charge in [-0.3, -0.25) is 9.59 Å². The number of aromatic nitrogens is 2. The molecule has 0 spiro atoms. The van der Waals surface area contributed by atoms with Crippen LogP contribution in [0, 0.1) is 0 Å². The Kier molecular flexibility index (Phi) is 5.14. The lowest BCUT2D eigenvalue weighted by Crippen LogP contribution is -2.37. The third-order valence-electron chi connectivity index (χ3n) is 2.95. The summed E-state index contributed by atoms with van der Waals surface area (Å²) < 4.78 is 1.38. The fourth-order valence-corrected chi connectivity index (χ4v) is 2.54. The molecule has 5 nitrogen and oxygen atoms in total. The van der Waals surface area contributed by atoms with Gasteiger partial charge in [0.1, 0.15) is 11.1 Å². The predicted octanol–water partition coefficient (Wildman–Crippen LogP) is 2.28. The maximum atomic E-state index is 11.9. The second kappa shape index (κ2) is 6.87. The van der Waals surface area contributed by atoms with Crippen molar-refractivity contribution in [1.82, 2.24) is 15.1 Å². The van der Waals surface area contributed by atoms with Gasteiger partial charge in [-0.15, -0.1) is 22.9 Å². The molecule has 7 heteroatoms. The molecule has 0 fully saturated rings. The Morgan fingerprint density at radius 2 is 2.19 bits per heavy atom. The van der Waals surface area contributed by atoms with E-state index in [1.54, 1.807) is 24.3 Å². The summed E-state index contributed by atoms with van der Waals surface area (Å²) in [4.78, 5) is 24.4. The van der Waals surface area contributed by atoms with Gasteiger partial charge in [-0.05, 0) is 31.4 Å². The molecular formula is C14H16ClN3O2S. The molecule has 2 aromatic rings. The van der Waals surface area contributed by atoms with Gasteiger partial charge in [0.15, 0.2) is 0 Å². The smallest absolute Gasteiger partial charge is 0.267 e. The highest BCUT2D eigenvalue weighted by Gasteiger charge is 2.14. The van der Waals surface area contributed by atoms with Crippen molar-refractivity contribution in [2.45, 2.75) is 25.3 Å². The van der Waals surface area contributed by atoms with Crippen LogP contribution in [0.5, 0.6) is 0 Å². The van der Waals surface area contributed by atoms with Crippen LogP contribution in [0.15, 0.2) is 34.4 Å². The van der Waals surface area contributed by atoms with Gasteiger partial charge in [-0.25, -0.2) is 4.68 Å². The number of hydrogen-bond acceptors (Lipinski definition) is 4. The van der Waals surface area contributed by atoms with Gasteiger partial charge in [0.2, 0.25) is 5.91 Å². The minimum absolute atomic E-state index is 0.198. The van der Waals surface area contributed by atoms with Gasteiger partial charge in [-0.2, -0.15) is 5.10 Å². The fraction of sp³-hybridized carbons (Fsp3) is 0.357. The number of halogens is 1. The zero-order valence-corrected chi connectivity index (χ0v) is 13.3. The SMILES string of the molecule is CC(Cl)C(=O)NCC(C)n1nc(-c2cccs2)ccc1=O. The van der Waals surface area contributed by atoms with Crippen molar-refractivity contribution in [3.8, 4) is 10.6 Å². The monoisotopic (exact) mass is 325 g/mol. The van der Waals surface area contributed by atoms with E-state index < -0.39 is 5.38 Å². The Hall–Kier alpha value is -1.66. The fourth-order valence-electron chi connectivity index (χ4n) is 1.77. The van der Waals surface area contributed by atoms with E-state index in [0.717, 1.165) is 10.6 Å². The number of nitrogens with one attached hydrogen (secondary N) is 1. The highest BCUT2D eigenvalue weighted by Crippen LogP contribution is 2.21. The van der Waals surface area contributed by atoms with Crippen molar-refractivity contribution < 1.29 is 4.79 Å². The van der Waals surface area contributed by atoms with E-state index in [4.69, 9.17) is 11.6 Å². The third kappa shape index (κ3) is 3.92. The molecule has 2 unspecified atom stereocenters. The molecule has 0 saturated heterocycles. The van der Waals surface area contributed by atoms with E-state index in [2.05, 4.69) is 10.4 Å². The number of thiophene rings is 1. The second-order valence-electron chi connectivity index (χ2n) is 4.69. The highest BCUT2D eigenvalue weighted by atomic mass is 35.5. The number of alkyl halides is 1. The number of carbonyl (C=O) groups excluding carboxylic acids is 1. The van der Waals surface area contributed by atoms with E-state index >= 15 is 0 Å². The Labute approximate surface area is 131 Å². The summed E-state index contributed by atoms with van der Waals surface area (Å²) in [5, 5.41) is 8.42. The first-order valence-electron chi connectivity index (χ1n) is 6.54. The average Bonchev–Trinajstić information content (AvgIpc) is 2.98. The van der Waals surface area contributed by atoms with Crippen LogP contribution in [0.4, 0.5) is 0 Å². The maximum Gasteiger partial charge on any atom is 0.267 e. The lowest BCUT2D eigenvalue weighted by molar-refractivity contribution is -0.120. The summed E-state index contributed by atoms with van der Waals surface area (Å²) in [5.41, 5.74) is 0.546. The number of carbonyl (C=O) groups is 1. The Morgan fingerprint density at radius 1 is 1.43 bits per heavy atom. The van der Waals surface area contributed by atoms with Gasteiger partial charge in [0, 0.05) is 12.6 Å². The maximum absolute atomic E-state index is 11.9. The third-order valence-corrected chi connectivity index (χ3v) is 4.04. The molecular weight excluding hydrogens is 310 g/mol. The first-order valence-corrected chi connectivity index (χ1v) is 7.86. The van der Waals surface area contributed by atoms with Crippen molar-refractivity contribution in [3.63, 3.8) is 0 Å². The van der Waals surface area contributed by atoms with Crippen molar-refractivity contribution in [3.05, 3.63) is 40.0 Å². The molecule has 2 rings (SSSR count). The summed E-state index contributed by atoms with van der Waals surface area (Å²) >= 11 is 7.25. The molecule has 112 valence electrons. The van der Waals surface area contributed by atoms with E-state index in [1.807, 2.05) is 24.4 Å². The summed E-state index contributed by atoms with van der Waals surface area (Å²) in [6.07, 6.45) is 0. The molecule has 1 N–H and O–H groups in total. The summed E-state index contributed by atoms with van der Waals surface area (Å²) in [6, 6.07) is 6.82. The average molecular weight is 326 g/mol. The Morgan fingerprint density at radius 3 is 2.81 bits per heavy atom. The lowest BCUT2D eigenvalue weighted by Gasteiger charge is -2.15. The van der Waals surface area contributed by atoms with Gasteiger partial charge in [0.25, 0.3) is 5.56 Å². The number of rotatable bonds is 5. The van der Waals surface area contributed by atoms with Crippen LogP contribution in [0.1, 0.15) is 19.9 Å². The quantitative estimate of drug-likeness (QED) is 0.858. The first kappa shape index (κ1) is 15.7. The zero-order valence-electron chi connectivity index (χ0n) is 11.7. The standard InChI is InChI=1S/C14H16ClN3O2S/c1-9(8-16-14(20)10(2)15)18-13(19)6-5-11(17-18)12-4-3-7-21-12/h3-7,9-10H,8H2,1-2H3,(H,16,20).